The third-order valence-corrected chi connectivity index (χ3v) is 7.03. The van der Waals surface area contributed by atoms with Gasteiger partial charge in [-0.2, -0.15) is 4.39 Å². The van der Waals surface area contributed by atoms with Gasteiger partial charge in [-0.25, -0.2) is 4.39 Å². The van der Waals surface area contributed by atoms with Crippen molar-refractivity contribution in [1.82, 2.24) is 0 Å². The molecule has 2 fully saturated rings. The van der Waals surface area contributed by atoms with Gasteiger partial charge in [0.05, 0.1) is 6.61 Å². The van der Waals surface area contributed by atoms with Gasteiger partial charge in [-0.05, 0) is 80.0 Å². The normalized spacial score (nSPS) is 22.7. The van der Waals surface area contributed by atoms with Crippen LogP contribution >= 0.6 is 0 Å². The molecule has 0 bridgehead atoms. The van der Waals surface area contributed by atoms with Gasteiger partial charge in [0.15, 0.2) is 11.6 Å². The molecule has 0 aliphatic heterocycles. The minimum atomic E-state index is -0.908. The summed E-state index contributed by atoms with van der Waals surface area (Å²) in [4.78, 5) is 0. The summed E-state index contributed by atoms with van der Waals surface area (Å²) in [5.74, 6) is 0.727. The Morgan fingerprint density at radius 1 is 0.793 bits per heavy atom. The molecule has 0 amide bonds. The molecule has 0 radical (unpaired) electrons. The highest BCUT2D eigenvalue weighted by Crippen LogP contribution is 2.41. The van der Waals surface area contributed by atoms with E-state index >= 15 is 0 Å². The number of benzene rings is 2. The quantitative estimate of drug-likeness (QED) is 0.481. The van der Waals surface area contributed by atoms with Crippen molar-refractivity contribution < 1.29 is 13.5 Å². The van der Waals surface area contributed by atoms with Crippen LogP contribution in [0.3, 0.4) is 0 Å². The molecule has 1 nitrogen and oxygen atoms in total. The summed E-state index contributed by atoms with van der Waals surface area (Å²) >= 11 is 0. The predicted molar refractivity (Wildman–Crippen MR) is 114 cm³/mol. The molecule has 156 valence electrons. The molecule has 0 aromatic heterocycles. The lowest BCUT2D eigenvalue weighted by atomic mass is 9.75. The topological polar surface area (TPSA) is 9.23 Å². The van der Waals surface area contributed by atoms with Crippen molar-refractivity contribution in [3.05, 3.63) is 53.6 Å². The second-order valence-corrected chi connectivity index (χ2v) is 8.90. The molecule has 3 heteroatoms. The second-order valence-electron chi connectivity index (χ2n) is 8.90. The maximum atomic E-state index is 14.5. The van der Waals surface area contributed by atoms with Crippen LogP contribution < -0.4 is 4.74 Å². The first-order valence-electron chi connectivity index (χ1n) is 11.4. The van der Waals surface area contributed by atoms with Crippen LogP contribution in [0.15, 0.2) is 36.4 Å². The number of halogens is 2. The number of rotatable bonds is 6. The Bertz CT molecular complexity index is 800. The van der Waals surface area contributed by atoms with Crippen LogP contribution in [-0.2, 0) is 0 Å². The third-order valence-electron chi connectivity index (χ3n) is 7.03. The molecule has 0 atom stereocenters. The maximum Gasteiger partial charge on any atom is 0.201 e. The van der Waals surface area contributed by atoms with Crippen molar-refractivity contribution in [3.63, 3.8) is 0 Å². The fraction of sp³-hybridized carbons (Fsp3) is 0.538. The summed E-state index contributed by atoms with van der Waals surface area (Å²) in [5.41, 5.74) is 2.33. The largest absolute Gasteiger partial charge is 0.491 e. The zero-order valence-electron chi connectivity index (χ0n) is 17.4. The van der Waals surface area contributed by atoms with Crippen molar-refractivity contribution in [2.75, 3.05) is 6.61 Å². The molecule has 2 aliphatic rings. The van der Waals surface area contributed by atoms with Crippen molar-refractivity contribution in [1.29, 1.82) is 0 Å². The number of hydrogen-bond donors (Lipinski definition) is 0. The number of ether oxygens (including phenoxy) is 1. The standard InChI is InChI=1S/C26H32F2O/c1-2-29-24-16-15-23(25(27)26(24)28)22-13-11-21(12-14-22)20-9-7-19(8-10-20)17-18-5-3-4-6-18/h11-16,18-20H,2-10,17H2,1H3. The van der Waals surface area contributed by atoms with E-state index in [4.69, 9.17) is 4.74 Å². The van der Waals surface area contributed by atoms with Crippen molar-refractivity contribution >= 4 is 0 Å². The average Bonchev–Trinajstić information content (AvgIpc) is 3.26. The van der Waals surface area contributed by atoms with E-state index in [-0.39, 0.29) is 11.3 Å². The lowest BCUT2D eigenvalue weighted by Gasteiger charge is -2.30. The molecular formula is C26H32F2O. The Morgan fingerprint density at radius 2 is 1.45 bits per heavy atom. The van der Waals surface area contributed by atoms with E-state index in [1.165, 1.54) is 69.4 Å². The average molecular weight is 399 g/mol. The molecule has 2 aromatic carbocycles. The number of hydrogen-bond acceptors (Lipinski definition) is 1. The Balaban J connectivity index is 1.39. The van der Waals surface area contributed by atoms with E-state index in [1.54, 1.807) is 13.0 Å². The van der Waals surface area contributed by atoms with Gasteiger partial charge >= 0.3 is 0 Å². The van der Waals surface area contributed by atoms with Gasteiger partial charge in [-0.15, -0.1) is 0 Å². The molecule has 0 saturated heterocycles. The first kappa shape index (κ1) is 20.4. The highest BCUT2D eigenvalue weighted by Gasteiger charge is 2.26. The monoisotopic (exact) mass is 398 g/mol. The molecule has 2 aliphatic carbocycles. The van der Waals surface area contributed by atoms with Crippen LogP contribution in [0.4, 0.5) is 8.78 Å². The first-order chi connectivity index (χ1) is 14.2. The predicted octanol–water partition coefficient (Wildman–Crippen LogP) is 7.88. The minimum absolute atomic E-state index is 0.0280. The zero-order chi connectivity index (χ0) is 20.2. The van der Waals surface area contributed by atoms with Gasteiger partial charge in [0.2, 0.25) is 5.82 Å². The molecule has 2 saturated carbocycles. The summed E-state index contributed by atoms with van der Waals surface area (Å²) < 4.78 is 33.8. The SMILES string of the molecule is CCOc1ccc(-c2ccc(C3CCC(CC4CCCC4)CC3)cc2)c(F)c1F. The van der Waals surface area contributed by atoms with Gasteiger partial charge in [0.25, 0.3) is 0 Å². The molecule has 0 spiro atoms. The van der Waals surface area contributed by atoms with Crippen molar-refractivity contribution in [3.8, 4) is 16.9 Å². The van der Waals surface area contributed by atoms with E-state index in [9.17, 15) is 8.78 Å². The molecule has 2 aromatic rings. The second kappa shape index (κ2) is 9.28. The van der Waals surface area contributed by atoms with E-state index in [0.29, 0.717) is 18.1 Å². The van der Waals surface area contributed by atoms with Crippen LogP contribution in [0.2, 0.25) is 0 Å². The molecule has 29 heavy (non-hydrogen) atoms. The highest BCUT2D eigenvalue weighted by molar-refractivity contribution is 5.65. The summed E-state index contributed by atoms with van der Waals surface area (Å²) in [7, 11) is 0. The minimum Gasteiger partial charge on any atom is -0.491 e. The van der Waals surface area contributed by atoms with E-state index in [2.05, 4.69) is 12.1 Å². The van der Waals surface area contributed by atoms with Gasteiger partial charge in [0, 0.05) is 5.56 Å². The summed E-state index contributed by atoms with van der Waals surface area (Å²) in [5, 5.41) is 0. The zero-order valence-corrected chi connectivity index (χ0v) is 17.4. The van der Waals surface area contributed by atoms with Gasteiger partial charge in [-0.3, -0.25) is 0 Å². The van der Waals surface area contributed by atoms with E-state index in [1.807, 2.05) is 12.1 Å². The fourth-order valence-electron chi connectivity index (χ4n) is 5.41. The summed E-state index contributed by atoms with van der Waals surface area (Å²) in [6.07, 6.45) is 12.4. The molecule has 0 N–H and O–H groups in total. The van der Waals surface area contributed by atoms with Crippen LogP contribution in [0.1, 0.15) is 76.2 Å². The van der Waals surface area contributed by atoms with Gasteiger partial charge in [0.1, 0.15) is 0 Å². The van der Waals surface area contributed by atoms with Crippen LogP contribution in [-0.4, -0.2) is 6.61 Å². The van der Waals surface area contributed by atoms with Crippen LogP contribution in [0.5, 0.6) is 5.75 Å². The van der Waals surface area contributed by atoms with Gasteiger partial charge in [-0.1, -0.05) is 49.9 Å². The maximum absolute atomic E-state index is 14.5. The van der Waals surface area contributed by atoms with Crippen molar-refractivity contribution in [2.45, 2.75) is 70.6 Å². The first-order valence-corrected chi connectivity index (χ1v) is 11.4. The van der Waals surface area contributed by atoms with E-state index in [0.717, 1.165) is 11.8 Å². The Kier molecular flexibility index (Phi) is 6.52. The van der Waals surface area contributed by atoms with E-state index < -0.39 is 11.6 Å². The third kappa shape index (κ3) is 4.65. The van der Waals surface area contributed by atoms with Crippen molar-refractivity contribution in [2.24, 2.45) is 11.8 Å². The lowest BCUT2D eigenvalue weighted by Crippen LogP contribution is -2.15. The van der Waals surface area contributed by atoms with Crippen LogP contribution in [0.25, 0.3) is 11.1 Å². The molecule has 4 rings (SSSR count). The summed E-state index contributed by atoms with van der Waals surface area (Å²) in [6.45, 7) is 2.07. The Morgan fingerprint density at radius 3 is 2.10 bits per heavy atom. The fourth-order valence-corrected chi connectivity index (χ4v) is 5.41. The Labute approximate surface area is 173 Å². The lowest BCUT2D eigenvalue weighted by molar-refractivity contribution is 0.270. The smallest absolute Gasteiger partial charge is 0.201 e. The molecule has 0 heterocycles. The molecule has 0 unspecified atom stereocenters. The highest BCUT2D eigenvalue weighted by atomic mass is 19.2. The van der Waals surface area contributed by atoms with Gasteiger partial charge < -0.3 is 4.74 Å². The molecular weight excluding hydrogens is 366 g/mol. The summed E-state index contributed by atoms with van der Waals surface area (Å²) in [6, 6.07) is 11.2. The van der Waals surface area contributed by atoms with Crippen LogP contribution in [0, 0.1) is 23.5 Å². The Hall–Kier alpha value is -1.90.